The van der Waals surface area contributed by atoms with Crippen LogP contribution in [0.5, 0.6) is 0 Å². The zero-order chi connectivity index (χ0) is 49.5. The molecule has 6 heteroatoms. The molecule has 0 heterocycles. The number of allylic oxidation sites excluding steroid dienone is 10. The van der Waals surface area contributed by atoms with Gasteiger partial charge in [-0.15, -0.1) is 0 Å². The summed E-state index contributed by atoms with van der Waals surface area (Å²) < 4.78 is 5.94. The summed E-state index contributed by atoms with van der Waals surface area (Å²) in [7, 11) is 0. The standard InChI is InChI=1S/C62H113NO5/c1-4-7-10-13-16-19-22-25-28-31-32-35-38-41-44-47-50-53-58(68-62(67)55-52-49-46-43-40-37-34-30-27-24-21-18-15-12-9-6-3)56-61(66)63-59(57-64)60(65)54-51-48-45-42-39-36-33-29-26-23-20-17-14-11-8-5-2/h16,19,25,28,30,32,34-35,37,40,58-60,64-65H,4-15,17-18,20-24,26-27,29,31,33,36,38-39,41-57H2,1-3H3,(H,63,66)/b19-16-,28-25-,34-30+,35-32-,40-37+. The molecule has 0 fully saturated rings. The average molecular weight is 953 g/mol. The quantitative estimate of drug-likeness (QED) is 0.0244. The van der Waals surface area contributed by atoms with Crippen molar-refractivity contribution < 1.29 is 24.5 Å². The molecular formula is C62H113NO5. The van der Waals surface area contributed by atoms with Gasteiger partial charge in [-0.1, -0.05) is 255 Å². The van der Waals surface area contributed by atoms with Gasteiger partial charge < -0.3 is 20.3 Å². The van der Waals surface area contributed by atoms with Crippen molar-refractivity contribution in [2.75, 3.05) is 6.61 Å². The molecular weight excluding hydrogens is 839 g/mol. The maximum absolute atomic E-state index is 13.3. The molecule has 0 aromatic heterocycles. The minimum absolute atomic E-state index is 0.0518. The molecule has 0 radical (unpaired) electrons. The number of hydrogen-bond acceptors (Lipinski definition) is 5. The molecule has 0 aliphatic rings. The maximum Gasteiger partial charge on any atom is 0.306 e. The highest BCUT2D eigenvalue weighted by atomic mass is 16.5. The number of aliphatic hydroxyl groups excluding tert-OH is 2. The number of amides is 1. The molecule has 0 bridgehead atoms. The molecule has 6 nitrogen and oxygen atoms in total. The van der Waals surface area contributed by atoms with E-state index in [1.165, 1.54) is 154 Å². The highest BCUT2D eigenvalue weighted by Crippen LogP contribution is 2.18. The van der Waals surface area contributed by atoms with E-state index in [4.69, 9.17) is 4.74 Å². The third kappa shape index (κ3) is 50.0. The van der Waals surface area contributed by atoms with E-state index in [-0.39, 0.29) is 24.9 Å². The number of carbonyl (C=O) groups is 2. The molecule has 396 valence electrons. The van der Waals surface area contributed by atoms with Crippen molar-refractivity contribution in [1.29, 1.82) is 0 Å². The minimum atomic E-state index is -0.801. The molecule has 1 amide bonds. The molecule has 3 unspecified atom stereocenters. The largest absolute Gasteiger partial charge is 0.462 e. The average Bonchev–Trinajstić information content (AvgIpc) is 3.33. The lowest BCUT2D eigenvalue weighted by Gasteiger charge is -2.24. The van der Waals surface area contributed by atoms with E-state index < -0.39 is 18.2 Å². The van der Waals surface area contributed by atoms with Crippen LogP contribution in [-0.2, 0) is 14.3 Å². The summed E-state index contributed by atoms with van der Waals surface area (Å²) in [5.41, 5.74) is 0. The van der Waals surface area contributed by atoms with Gasteiger partial charge in [-0.05, 0) is 89.9 Å². The van der Waals surface area contributed by atoms with E-state index in [2.05, 4.69) is 86.8 Å². The van der Waals surface area contributed by atoms with Crippen LogP contribution < -0.4 is 5.32 Å². The lowest BCUT2D eigenvalue weighted by atomic mass is 10.0. The second-order valence-corrected chi connectivity index (χ2v) is 20.1. The van der Waals surface area contributed by atoms with Crippen LogP contribution in [0.3, 0.4) is 0 Å². The predicted octanol–water partition coefficient (Wildman–Crippen LogP) is 18.4. The van der Waals surface area contributed by atoms with Gasteiger partial charge in [0.15, 0.2) is 0 Å². The van der Waals surface area contributed by atoms with E-state index in [1.54, 1.807) is 0 Å². The van der Waals surface area contributed by atoms with Crippen LogP contribution in [0.25, 0.3) is 0 Å². The Kier molecular flexibility index (Phi) is 53.5. The first-order chi connectivity index (χ1) is 33.5. The highest BCUT2D eigenvalue weighted by molar-refractivity contribution is 5.77. The predicted molar refractivity (Wildman–Crippen MR) is 296 cm³/mol. The third-order valence-corrected chi connectivity index (χ3v) is 13.3. The van der Waals surface area contributed by atoms with E-state index >= 15 is 0 Å². The minimum Gasteiger partial charge on any atom is -0.462 e. The first-order valence-electron chi connectivity index (χ1n) is 29.5. The molecule has 0 rings (SSSR count). The number of unbranched alkanes of at least 4 members (excludes halogenated alkanes) is 32. The fourth-order valence-corrected chi connectivity index (χ4v) is 8.84. The fraction of sp³-hybridized carbons (Fsp3) is 0.806. The van der Waals surface area contributed by atoms with Crippen LogP contribution in [0.1, 0.15) is 297 Å². The lowest BCUT2D eigenvalue weighted by Crippen LogP contribution is -2.46. The summed E-state index contributed by atoms with van der Waals surface area (Å²) >= 11 is 0. The van der Waals surface area contributed by atoms with Crippen molar-refractivity contribution in [3.63, 3.8) is 0 Å². The van der Waals surface area contributed by atoms with Gasteiger partial charge in [-0.2, -0.15) is 0 Å². The summed E-state index contributed by atoms with van der Waals surface area (Å²) in [5, 5.41) is 23.9. The number of carbonyl (C=O) groups excluding carboxylic acids is 2. The van der Waals surface area contributed by atoms with E-state index in [9.17, 15) is 19.8 Å². The Morgan fingerprint density at radius 2 is 0.794 bits per heavy atom. The molecule has 0 aromatic rings. The van der Waals surface area contributed by atoms with Crippen molar-refractivity contribution in [1.82, 2.24) is 5.32 Å². The Bertz CT molecular complexity index is 1210. The molecule has 68 heavy (non-hydrogen) atoms. The summed E-state index contributed by atoms with van der Waals surface area (Å²) in [5.74, 6) is -0.519. The maximum atomic E-state index is 13.3. The first-order valence-corrected chi connectivity index (χ1v) is 29.5. The number of rotatable bonds is 53. The zero-order valence-electron chi connectivity index (χ0n) is 45.2. The number of aliphatic hydroxyl groups is 2. The van der Waals surface area contributed by atoms with Gasteiger partial charge in [0, 0.05) is 6.42 Å². The van der Waals surface area contributed by atoms with E-state index in [0.717, 1.165) is 96.3 Å². The smallest absolute Gasteiger partial charge is 0.306 e. The molecule has 0 aromatic carbocycles. The van der Waals surface area contributed by atoms with Crippen LogP contribution in [0.4, 0.5) is 0 Å². The van der Waals surface area contributed by atoms with Crippen molar-refractivity contribution >= 4 is 11.9 Å². The summed E-state index contributed by atoms with van der Waals surface area (Å²) in [6.07, 6.45) is 70.0. The molecule has 0 saturated heterocycles. The Hall–Kier alpha value is -2.44. The van der Waals surface area contributed by atoms with Gasteiger partial charge in [-0.3, -0.25) is 9.59 Å². The van der Waals surface area contributed by atoms with Gasteiger partial charge >= 0.3 is 5.97 Å². The number of hydrogen-bond donors (Lipinski definition) is 3. The summed E-state index contributed by atoms with van der Waals surface area (Å²) in [6.45, 7) is 6.47. The number of esters is 1. The molecule has 0 saturated carbocycles. The molecule has 3 N–H and O–H groups in total. The van der Waals surface area contributed by atoms with Gasteiger partial charge in [0.25, 0.3) is 0 Å². The van der Waals surface area contributed by atoms with Gasteiger partial charge in [-0.25, -0.2) is 0 Å². The van der Waals surface area contributed by atoms with Crippen molar-refractivity contribution in [2.45, 2.75) is 315 Å². The summed E-state index contributed by atoms with van der Waals surface area (Å²) in [6, 6.07) is -0.717. The molecule has 0 aliphatic heterocycles. The molecule has 3 atom stereocenters. The topological polar surface area (TPSA) is 95.9 Å². The number of ether oxygens (including phenoxy) is 1. The van der Waals surface area contributed by atoms with E-state index in [1.807, 2.05) is 0 Å². The van der Waals surface area contributed by atoms with Gasteiger partial charge in [0.1, 0.15) is 6.10 Å². The second-order valence-electron chi connectivity index (χ2n) is 20.1. The van der Waals surface area contributed by atoms with Crippen LogP contribution in [0.15, 0.2) is 60.8 Å². The zero-order valence-corrected chi connectivity index (χ0v) is 45.2. The van der Waals surface area contributed by atoms with Crippen molar-refractivity contribution in [3.8, 4) is 0 Å². The highest BCUT2D eigenvalue weighted by Gasteiger charge is 2.24. The lowest BCUT2D eigenvalue weighted by molar-refractivity contribution is -0.151. The van der Waals surface area contributed by atoms with Crippen LogP contribution in [-0.4, -0.2) is 46.9 Å². The second kappa shape index (κ2) is 55.5. The monoisotopic (exact) mass is 952 g/mol. The fourth-order valence-electron chi connectivity index (χ4n) is 8.84. The molecule has 0 spiro atoms. The van der Waals surface area contributed by atoms with Gasteiger partial charge in [0.2, 0.25) is 5.91 Å². The Morgan fingerprint density at radius 3 is 1.25 bits per heavy atom. The van der Waals surface area contributed by atoms with Crippen LogP contribution >= 0.6 is 0 Å². The van der Waals surface area contributed by atoms with Crippen LogP contribution in [0.2, 0.25) is 0 Å². The van der Waals surface area contributed by atoms with Crippen molar-refractivity contribution in [3.05, 3.63) is 60.8 Å². The molecule has 0 aliphatic carbocycles. The Morgan fingerprint density at radius 1 is 0.441 bits per heavy atom. The first kappa shape index (κ1) is 65.6. The van der Waals surface area contributed by atoms with Crippen molar-refractivity contribution in [2.24, 2.45) is 0 Å². The third-order valence-electron chi connectivity index (χ3n) is 13.3. The number of nitrogens with one attached hydrogen (secondary N) is 1. The Labute approximate surface area is 422 Å². The Balaban J connectivity index is 4.64. The normalized spacial score (nSPS) is 13.5. The van der Waals surface area contributed by atoms with E-state index in [0.29, 0.717) is 19.3 Å². The van der Waals surface area contributed by atoms with Gasteiger partial charge in [0.05, 0.1) is 25.2 Å². The summed E-state index contributed by atoms with van der Waals surface area (Å²) in [4.78, 5) is 26.3. The van der Waals surface area contributed by atoms with Crippen LogP contribution in [0, 0.1) is 0 Å². The SMILES string of the molecule is CCCCC/C=C\C/C=C\C/C=C\CCCCCCC(CC(=O)NC(CO)C(O)CCCCCCCCCCCCCCCCCC)OC(=O)CCCCC/C=C/C=C/CCCCCCCCC.